The van der Waals surface area contributed by atoms with E-state index in [9.17, 15) is 16.8 Å². The highest BCUT2D eigenvalue weighted by atomic mass is 32.2. The number of nitrogens with zero attached hydrogens (tertiary/aromatic N) is 1. The molecule has 35 heavy (non-hydrogen) atoms. The molecule has 0 radical (unpaired) electrons. The van der Waals surface area contributed by atoms with Crippen LogP contribution in [0.5, 0.6) is 5.75 Å². The van der Waals surface area contributed by atoms with Crippen molar-refractivity contribution in [3.8, 4) is 5.75 Å². The lowest BCUT2D eigenvalue weighted by atomic mass is 10.1. The minimum atomic E-state index is -4.11. The third-order valence-electron chi connectivity index (χ3n) is 6.19. The van der Waals surface area contributed by atoms with Gasteiger partial charge in [0.1, 0.15) is 10.6 Å². The van der Waals surface area contributed by atoms with Crippen molar-refractivity contribution in [2.75, 3.05) is 18.6 Å². The number of aryl methyl sites for hydroxylation is 1. The summed E-state index contributed by atoms with van der Waals surface area (Å²) in [6, 6.07) is 22.5. The summed E-state index contributed by atoms with van der Waals surface area (Å²) in [7, 11) is -6.14. The highest BCUT2D eigenvalue weighted by Crippen LogP contribution is 2.33. The lowest BCUT2D eigenvalue weighted by Gasteiger charge is -2.32. The molecular formula is C26H30N2O5S2. The molecule has 0 bridgehead atoms. The molecule has 0 spiro atoms. The van der Waals surface area contributed by atoms with Gasteiger partial charge in [-0.25, -0.2) is 16.8 Å². The van der Waals surface area contributed by atoms with E-state index in [-0.39, 0.29) is 28.7 Å². The van der Waals surface area contributed by atoms with Crippen molar-refractivity contribution < 1.29 is 21.6 Å². The van der Waals surface area contributed by atoms with Gasteiger partial charge in [-0.1, -0.05) is 66.7 Å². The summed E-state index contributed by atoms with van der Waals surface area (Å²) < 4.78 is 60.5. The predicted molar refractivity (Wildman–Crippen MR) is 136 cm³/mol. The van der Waals surface area contributed by atoms with Gasteiger partial charge in [-0.05, 0) is 35.7 Å². The molecule has 1 heterocycles. The average molecular weight is 515 g/mol. The SMILES string of the molecule is COc1ccc(C)cc1S(=O)(=O)N(Cc1ccccc1)[C@H]1CS(=O)(=O)C[C@@H]1NCc1ccccc1. The Morgan fingerprint density at radius 3 is 2.20 bits per heavy atom. The normalized spacial score (nSPS) is 19.6. The molecule has 3 aromatic rings. The Morgan fingerprint density at radius 1 is 0.943 bits per heavy atom. The van der Waals surface area contributed by atoms with Crippen LogP contribution >= 0.6 is 0 Å². The fraction of sp³-hybridized carbons (Fsp3) is 0.308. The number of methoxy groups -OCH3 is 1. The van der Waals surface area contributed by atoms with Gasteiger partial charge in [0.2, 0.25) is 10.0 Å². The van der Waals surface area contributed by atoms with E-state index in [4.69, 9.17) is 4.74 Å². The van der Waals surface area contributed by atoms with Crippen LogP contribution in [0.4, 0.5) is 0 Å². The molecule has 1 N–H and O–H groups in total. The summed E-state index contributed by atoms with van der Waals surface area (Å²) in [4.78, 5) is 0.0297. The molecule has 7 nitrogen and oxygen atoms in total. The van der Waals surface area contributed by atoms with Gasteiger partial charge in [-0.2, -0.15) is 4.31 Å². The Kier molecular flexibility index (Phi) is 7.61. The van der Waals surface area contributed by atoms with Crippen molar-refractivity contribution >= 4 is 19.9 Å². The van der Waals surface area contributed by atoms with Crippen LogP contribution in [0, 0.1) is 6.92 Å². The first-order chi connectivity index (χ1) is 16.7. The zero-order valence-corrected chi connectivity index (χ0v) is 21.4. The number of rotatable bonds is 9. The molecule has 0 saturated carbocycles. The van der Waals surface area contributed by atoms with Crippen molar-refractivity contribution in [2.45, 2.75) is 37.0 Å². The first-order valence-corrected chi connectivity index (χ1v) is 14.6. The minimum absolute atomic E-state index is 0.0297. The van der Waals surface area contributed by atoms with Crippen LogP contribution < -0.4 is 10.1 Å². The number of ether oxygens (including phenoxy) is 1. The van der Waals surface area contributed by atoms with Crippen LogP contribution in [0.15, 0.2) is 83.8 Å². The number of hydrogen-bond acceptors (Lipinski definition) is 6. The molecule has 0 aliphatic carbocycles. The van der Waals surface area contributed by atoms with Crippen LogP contribution in [0.25, 0.3) is 0 Å². The standard InChI is InChI=1S/C26H30N2O5S2/c1-20-13-14-25(33-2)26(15-20)35(31,32)28(17-22-11-7-4-8-12-22)24-19-34(29,30)18-23(24)27-16-21-9-5-3-6-10-21/h3-15,23-24,27H,16-19H2,1-2H3/t23-,24-/m0/s1. The van der Waals surface area contributed by atoms with Gasteiger partial charge in [-0.15, -0.1) is 0 Å². The fourth-order valence-corrected chi connectivity index (χ4v) is 8.35. The zero-order valence-electron chi connectivity index (χ0n) is 19.8. The van der Waals surface area contributed by atoms with Gasteiger partial charge in [0.05, 0.1) is 24.7 Å². The Bertz CT molecular complexity index is 1360. The van der Waals surface area contributed by atoms with Crippen LogP contribution in [0.2, 0.25) is 0 Å². The second-order valence-corrected chi connectivity index (χ2v) is 12.8. The number of benzene rings is 3. The van der Waals surface area contributed by atoms with Crippen molar-refractivity contribution in [1.82, 2.24) is 9.62 Å². The number of nitrogens with one attached hydrogen (secondary N) is 1. The second-order valence-electron chi connectivity index (χ2n) is 8.81. The summed E-state index contributed by atoms with van der Waals surface area (Å²) in [6.45, 7) is 2.29. The molecule has 1 aliphatic heterocycles. The summed E-state index contributed by atoms with van der Waals surface area (Å²) in [5.41, 5.74) is 2.53. The second kappa shape index (κ2) is 10.5. The van der Waals surface area contributed by atoms with E-state index < -0.39 is 31.9 Å². The third kappa shape index (κ3) is 5.92. The van der Waals surface area contributed by atoms with E-state index in [1.54, 1.807) is 18.2 Å². The van der Waals surface area contributed by atoms with Gasteiger partial charge < -0.3 is 10.1 Å². The molecule has 1 fully saturated rings. The molecule has 9 heteroatoms. The molecule has 3 aromatic carbocycles. The molecule has 2 atom stereocenters. The number of sulfone groups is 1. The van der Waals surface area contributed by atoms with Crippen LogP contribution in [-0.4, -0.2) is 51.8 Å². The first kappa shape index (κ1) is 25.4. The maximum atomic E-state index is 14.1. The maximum absolute atomic E-state index is 14.1. The molecule has 0 amide bonds. The number of sulfonamides is 1. The van der Waals surface area contributed by atoms with Crippen LogP contribution in [-0.2, 0) is 33.0 Å². The van der Waals surface area contributed by atoms with Crippen molar-refractivity contribution in [3.05, 3.63) is 95.6 Å². The molecule has 1 saturated heterocycles. The van der Waals surface area contributed by atoms with E-state index >= 15 is 0 Å². The summed E-state index contributed by atoms with van der Waals surface area (Å²) >= 11 is 0. The Hall–Kier alpha value is -2.72. The topological polar surface area (TPSA) is 92.8 Å². The van der Waals surface area contributed by atoms with E-state index in [0.717, 1.165) is 16.7 Å². The first-order valence-electron chi connectivity index (χ1n) is 11.4. The lowest BCUT2D eigenvalue weighted by Crippen LogP contribution is -2.51. The molecule has 0 unspecified atom stereocenters. The van der Waals surface area contributed by atoms with E-state index in [0.29, 0.717) is 6.54 Å². The Labute approximate surface area is 207 Å². The van der Waals surface area contributed by atoms with E-state index in [1.807, 2.05) is 67.6 Å². The molecular weight excluding hydrogens is 484 g/mol. The lowest BCUT2D eigenvalue weighted by molar-refractivity contribution is 0.285. The summed E-state index contributed by atoms with van der Waals surface area (Å²) in [6.07, 6.45) is 0. The molecule has 1 aliphatic rings. The highest BCUT2D eigenvalue weighted by molar-refractivity contribution is 7.92. The van der Waals surface area contributed by atoms with Gasteiger partial charge in [0.25, 0.3) is 0 Å². The van der Waals surface area contributed by atoms with Crippen LogP contribution in [0.3, 0.4) is 0 Å². The molecule has 0 aromatic heterocycles. The zero-order chi connectivity index (χ0) is 25.1. The number of hydrogen-bond donors (Lipinski definition) is 1. The van der Waals surface area contributed by atoms with Gasteiger partial charge in [-0.3, -0.25) is 0 Å². The maximum Gasteiger partial charge on any atom is 0.247 e. The van der Waals surface area contributed by atoms with Gasteiger partial charge in [0.15, 0.2) is 9.84 Å². The van der Waals surface area contributed by atoms with Gasteiger partial charge >= 0.3 is 0 Å². The Balaban J connectivity index is 1.75. The Morgan fingerprint density at radius 2 is 1.57 bits per heavy atom. The largest absolute Gasteiger partial charge is 0.495 e. The summed E-state index contributed by atoms with van der Waals surface area (Å²) in [5.74, 6) is -0.154. The fourth-order valence-electron chi connectivity index (χ4n) is 4.41. The molecule has 4 rings (SSSR count). The molecule has 186 valence electrons. The monoisotopic (exact) mass is 514 g/mol. The van der Waals surface area contributed by atoms with Crippen molar-refractivity contribution in [2.24, 2.45) is 0 Å². The quantitative estimate of drug-likeness (QED) is 0.472. The van der Waals surface area contributed by atoms with E-state index in [2.05, 4.69) is 5.32 Å². The van der Waals surface area contributed by atoms with E-state index in [1.165, 1.54) is 11.4 Å². The van der Waals surface area contributed by atoms with Crippen molar-refractivity contribution in [3.63, 3.8) is 0 Å². The summed E-state index contributed by atoms with van der Waals surface area (Å²) in [5, 5.41) is 3.32. The van der Waals surface area contributed by atoms with Crippen molar-refractivity contribution in [1.29, 1.82) is 0 Å². The highest BCUT2D eigenvalue weighted by Gasteiger charge is 2.45. The third-order valence-corrected chi connectivity index (χ3v) is 9.80. The van der Waals surface area contributed by atoms with Gasteiger partial charge in [0, 0.05) is 19.1 Å². The minimum Gasteiger partial charge on any atom is -0.495 e. The smallest absolute Gasteiger partial charge is 0.247 e. The average Bonchev–Trinajstić information content (AvgIpc) is 3.16. The van der Waals surface area contributed by atoms with Crippen LogP contribution in [0.1, 0.15) is 16.7 Å². The predicted octanol–water partition coefficient (Wildman–Crippen LogP) is 3.15.